The molecule has 10 nitrogen and oxygen atoms in total. The van der Waals surface area contributed by atoms with Crippen LogP contribution in [0.15, 0.2) is 16.8 Å². The molecule has 4 N–H and O–H groups in total. The van der Waals surface area contributed by atoms with Gasteiger partial charge < -0.3 is 43.0 Å². The average molecular weight is 387 g/mol. The Hall–Kier alpha value is -2.72. The Morgan fingerprint density at radius 2 is 1.73 bits per heavy atom. The SMILES string of the molecule is COc1cc(OC)c(OC)cc1CNCCNC(=O)c1nonc1N.[Cl-]. The summed E-state index contributed by atoms with van der Waals surface area (Å²) in [7, 11) is 4.72. The monoisotopic (exact) mass is 386 g/mol. The second kappa shape index (κ2) is 10.3. The number of hydrogen-bond acceptors (Lipinski definition) is 9. The summed E-state index contributed by atoms with van der Waals surface area (Å²) in [5.74, 6) is 1.40. The highest BCUT2D eigenvalue weighted by Crippen LogP contribution is 2.34. The van der Waals surface area contributed by atoms with Gasteiger partial charge in [0.1, 0.15) is 5.75 Å². The minimum absolute atomic E-state index is 0. The average Bonchev–Trinajstić information content (AvgIpc) is 3.06. The minimum atomic E-state index is -0.441. The largest absolute Gasteiger partial charge is 1.00 e. The number of hydrogen-bond donors (Lipinski definition) is 3. The third-order valence-corrected chi connectivity index (χ3v) is 3.42. The van der Waals surface area contributed by atoms with Gasteiger partial charge >= 0.3 is 0 Å². The number of benzene rings is 1. The molecular formula is C15H21ClN5O5-. The molecule has 1 aromatic carbocycles. The molecule has 0 saturated heterocycles. The van der Waals surface area contributed by atoms with E-state index in [4.69, 9.17) is 19.9 Å². The van der Waals surface area contributed by atoms with Gasteiger partial charge in [-0.1, -0.05) is 0 Å². The lowest BCUT2D eigenvalue weighted by Crippen LogP contribution is -3.00. The number of carbonyl (C=O) groups is 1. The van der Waals surface area contributed by atoms with Crippen molar-refractivity contribution in [1.29, 1.82) is 0 Å². The minimum Gasteiger partial charge on any atom is -1.00 e. The summed E-state index contributed by atoms with van der Waals surface area (Å²) in [5.41, 5.74) is 6.32. The zero-order valence-corrected chi connectivity index (χ0v) is 15.4. The van der Waals surface area contributed by atoms with Gasteiger partial charge in [0.05, 0.1) is 21.3 Å². The molecule has 2 rings (SSSR count). The number of nitrogens with two attached hydrogens (primary N) is 1. The molecule has 1 amide bonds. The highest BCUT2D eigenvalue weighted by molar-refractivity contribution is 5.95. The molecule has 0 atom stereocenters. The molecule has 0 fully saturated rings. The Morgan fingerprint density at radius 1 is 1.08 bits per heavy atom. The van der Waals surface area contributed by atoms with Crippen LogP contribution in [-0.2, 0) is 6.54 Å². The van der Waals surface area contributed by atoms with Crippen molar-refractivity contribution in [2.75, 3.05) is 40.2 Å². The van der Waals surface area contributed by atoms with Crippen molar-refractivity contribution in [2.45, 2.75) is 6.54 Å². The van der Waals surface area contributed by atoms with Crippen LogP contribution in [0.25, 0.3) is 0 Å². The zero-order valence-electron chi connectivity index (χ0n) is 14.7. The first-order chi connectivity index (χ1) is 12.1. The fourth-order valence-corrected chi connectivity index (χ4v) is 2.15. The van der Waals surface area contributed by atoms with Gasteiger partial charge in [0, 0.05) is 31.3 Å². The van der Waals surface area contributed by atoms with E-state index in [2.05, 4.69) is 25.6 Å². The van der Waals surface area contributed by atoms with Crippen molar-refractivity contribution in [1.82, 2.24) is 20.9 Å². The summed E-state index contributed by atoms with van der Waals surface area (Å²) in [5, 5.41) is 12.6. The number of anilines is 1. The van der Waals surface area contributed by atoms with Gasteiger partial charge in [0.15, 0.2) is 11.5 Å². The molecule has 0 aliphatic carbocycles. The predicted molar refractivity (Wildman–Crippen MR) is 88.8 cm³/mol. The Bertz CT molecular complexity index is 724. The molecule has 11 heteroatoms. The fourth-order valence-electron chi connectivity index (χ4n) is 2.15. The third kappa shape index (κ3) is 5.14. The lowest BCUT2D eigenvalue weighted by molar-refractivity contribution is -0.0000149. The zero-order chi connectivity index (χ0) is 18.2. The van der Waals surface area contributed by atoms with Gasteiger partial charge in [-0.2, -0.15) is 0 Å². The second-order valence-corrected chi connectivity index (χ2v) is 4.95. The second-order valence-electron chi connectivity index (χ2n) is 4.95. The van der Waals surface area contributed by atoms with Crippen LogP contribution in [0.3, 0.4) is 0 Å². The van der Waals surface area contributed by atoms with Gasteiger partial charge in [-0.15, -0.1) is 0 Å². The topological polar surface area (TPSA) is 134 Å². The first-order valence-corrected chi connectivity index (χ1v) is 7.46. The van der Waals surface area contributed by atoms with E-state index >= 15 is 0 Å². The number of nitrogen functional groups attached to an aromatic ring is 1. The maximum Gasteiger partial charge on any atom is 0.277 e. The molecular weight excluding hydrogens is 366 g/mol. The molecule has 0 aliphatic rings. The van der Waals surface area contributed by atoms with Crippen LogP contribution in [-0.4, -0.2) is 50.6 Å². The van der Waals surface area contributed by atoms with Crippen LogP contribution in [0.5, 0.6) is 17.2 Å². The van der Waals surface area contributed by atoms with Crippen molar-refractivity contribution >= 4 is 11.7 Å². The lowest BCUT2D eigenvalue weighted by Gasteiger charge is -2.14. The number of nitrogens with one attached hydrogen (secondary N) is 2. The van der Waals surface area contributed by atoms with Crippen LogP contribution in [0, 0.1) is 0 Å². The van der Waals surface area contributed by atoms with Crippen LogP contribution >= 0.6 is 0 Å². The number of halogens is 1. The Balaban J connectivity index is 0.00000338. The van der Waals surface area contributed by atoms with Crippen LogP contribution in [0.1, 0.15) is 16.1 Å². The molecule has 0 bridgehead atoms. The van der Waals surface area contributed by atoms with Gasteiger partial charge in [-0.3, -0.25) is 4.79 Å². The molecule has 1 heterocycles. The summed E-state index contributed by atoms with van der Waals surface area (Å²) in [6, 6.07) is 3.60. The highest BCUT2D eigenvalue weighted by atomic mass is 35.5. The van der Waals surface area contributed by atoms with E-state index in [1.807, 2.05) is 6.07 Å². The summed E-state index contributed by atoms with van der Waals surface area (Å²) in [6.45, 7) is 1.42. The number of ether oxygens (including phenoxy) is 3. The van der Waals surface area contributed by atoms with Crippen LogP contribution < -0.4 is 43.0 Å². The standard InChI is InChI=1S/C15H21N5O5.ClH/c1-22-10-7-12(24-3)11(23-2)6-9(10)8-17-4-5-18-15(21)13-14(16)20-25-19-13;/h6-7,17H,4-5,8H2,1-3H3,(H2,16,20)(H,18,21);1H/p-1. The maximum absolute atomic E-state index is 11.8. The summed E-state index contributed by atoms with van der Waals surface area (Å²) in [4.78, 5) is 11.8. The summed E-state index contributed by atoms with van der Waals surface area (Å²) >= 11 is 0. The number of carbonyl (C=O) groups excluding carboxylic acids is 1. The quantitative estimate of drug-likeness (QED) is 0.391. The van der Waals surface area contributed by atoms with Gasteiger partial charge in [-0.05, 0) is 16.4 Å². The molecule has 0 aliphatic heterocycles. The van der Waals surface area contributed by atoms with Crippen LogP contribution in [0.2, 0.25) is 0 Å². The molecule has 1 aromatic heterocycles. The van der Waals surface area contributed by atoms with E-state index < -0.39 is 5.91 Å². The van der Waals surface area contributed by atoms with E-state index in [9.17, 15) is 4.79 Å². The summed E-state index contributed by atoms with van der Waals surface area (Å²) < 4.78 is 20.3. The Kier molecular flexibility index (Phi) is 8.46. The Labute approximate surface area is 156 Å². The van der Waals surface area contributed by atoms with Gasteiger partial charge in [0.25, 0.3) is 5.91 Å². The number of nitrogens with zero attached hydrogens (tertiary/aromatic N) is 2. The Morgan fingerprint density at radius 3 is 2.31 bits per heavy atom. The molecule has 2 aromatic rings. The first kappa shape index (κ1) is 21.3. The van der Waals surface area contributed by atoms with E-state index in [-0.39, 0.29) is 23.9 Å². The highest BCUT2D eigenvalue weighted by Gasteiger charge is 2.15. The smallest absolute Gasteiger partial charge is 0.277 e. The van der Waals surface area contributed by atoms with Crippen molar-refractivity contribution in [2.24, 2.45) is 0 Å². The normalized spacial score (nSPS) is 9.96. The van der Waals surface area contributed by atoms with Crippen molar-refractivity contribution in [3.8, 4) is 17.2 Å². The van der Waals surface area contributed by atoms with Crippen molar-refractivity contribution in [3.63, 3.8) is 0 Å². The van der Waals surface area contributed by atoms with Crippen LogP contribution in [0.4, 0.5) is 5.82 Å². The molecule has 0 saturated carbocycles. The third-order valence-electron chi connectivity index (χ3n) is 3.42. The molecule has 0 spiro atoms. The van der Waals surface area contributed by atoms with E-state index in [0.29, 0.717) is 36.9 Å². The number of methoxy groups -OCH3 is 3. The van der Waals surface area contributed by atoms with Crippen molar-refractivity contribution in [3.05, 3.63) is 23.4 Å². The van der Waals surface area contributed by atoms with E-state index in [1.54, 1.807) is 27.4 Å². The fraction of sp³-hybridized carbons (Fsp3) is 0.400. The molecule has 26 heavy (non-hydrogen) atoms. The van der Waals surface area contributed by atoms with E-state index in [0.717, 1.165) is 5.56 Å². The van der Waals surface area contributed by atoms with Crippen molar-refractivity contribution < 1.29 is 36.0 Å². The first-order valence-electron chi connectivity index (χ1n) is 7.46. The van der Waals surface area contributed by atoms with E-state index in [1.165, 1.54) is 0 Å². The number of aromatic nitrogens is 2. The maximum atomic E-state index is 11.8. The number of amides is 1. The van der Waals surface area contributed by atoms with Gasteiger partial charge in [-0.25, -0.2) is 4.63 Å². The molecule has 144 valence electrons. The predicted octanol–water partition coefficient (Wildman–Crippen LogP) is -2.80. The summed E-state index contributed by atoms with van der Waals surface area (Å²) in [6.07, 6.45) is 0. The number of rotatable bonds is 9. The van der Waals surface area contributed by atoms with Gasteiger partial charge in [0.2, 0.25) is 11.5 Å². The molecule has 0 radical (unpaired) electrons. The lowest BCUT2D eigenvalue weighted by atomic mass is 10.1. The molecule has 0 unspecified atom stereocenters.